The Hall–Kier alpha value is -1.05. The summed E-state index contributed by atoms with van der Waals surface area (Å²) in [6, 6.07) is 2.70. The summed E-state index contributed by atoms with van der Waals surface area (Å²) in [6.07, 6.45) is -5.51. The third kappa shape index (κ3) is 3.16. The second-order valence-corrected chi connectivity index (χ2v) is 5.72. The van der Waals surface area contributed by atoms with Gasteiger partial charge in [-0.3, -0.25) is 0 Å². The van der Waals surface area contributed by atoms with Crippen LogP contribution in [0.3, 0.4) is 0 Å². The quantitative estimate of drug-likeness (QED) is 0.723. The van der Waals surface area contributed by atoms with Crippen molar-refractivity contribution in [3.05, 3.63) is 33.5 Å². The summed E-state index contributed by atoms with van der Waals surface area (Å²) in [7, 11) is 0. The van der Waals surface area contributed by atoms with E-state index in [0.29, 0.717) is 11.8 Å². The van der Waals surface area contributed by atoms with Gasteiger partial charge in [0.05, 0.1) is 5.02 Å². The summed E-state index contributed by atoms with van der Waals surface area (Å²) in [5.41, 5.74) is 0.282. The van der Waals surface area contributed by atoms with Crippen molar-refractivity contribution in [1.82, 2.24) is 0 Å². The Bertz CT molecular complexity index is 601. The first kappa shape index (κ1) is 15.3. The van der Waals surface area contributed by atoms with Crippen LogP contribution in [0, 0.1) is 0 Å². The van der Waals surface area contributed by atoms with Crippen LogP contribution in [-0.2, 0) is 4.74 Å². The number of thioether (sulfide) groups is 1. The Labute approximate surface area is 125 Å². The molecule has 1 N–H and O–H groups in total. The Kier molecular flexibility index (Phi) is 4.13. The number of alkyl halides is 3. The van der Waals surface area contributed by atoms with E-state index in [4.69, 9.17) is 28.3 Å². The van der Waals surface area contributed by atoms with E-state index in [9.17, 15) is 18.0 Å². The highest BCUT2D eigenvalue weighted by molar-refractivity contribution is 8.00. The Morgan fingerprint density at radius 2 is 2.00 bits per heavy atom. The standard InChI is InChI=1S/C11H5Cl2F3O3S/c12-5-1-4-2-7(19-10(17)18)9(11(14,15)16)20-8(4)6(13)3-5/h1-3,9H,(H,17,18). The minimum atomic E-state index is -4.67. The summed E-state index contributed by atoms with van der Waals surface area (Å²) < 4.78 is 43.0. The molecule has 9 heteroatoms. The van der Waals surface area contributed by atoms with E-state index in [1.807, 2.05) is 0 Å². The van der Waals surface area contributed by atoms with E-state index in [1.165, 1.54) is 12.1 Å². The monoisotopic (exact) mass is 344 g/mol. The summed E-state index contributed by atoms with van der Waals surface area (Å²) in [6.45, 7) is 0. The van der Waals surface area contributed by atoms with Crippen LogP contribution in [0.25, 0.3) is 6.08 Å². The predicted octanol–water partition coefficient (Wildman–Crippen LogP) is 5.07. The molecule has 1 aromatic carbocycles. The lowest BCUT2D eigenvalue weighted by atomic mass is 10.1. The number of fused-ring (bicyclic) bond motifs is 1. The summed E-state index contributed by atoms with van der Waals surface area (Å²) in [5.74, 6) is -0.721. The number of hydrogen-bond acceptors (Lipinski definition) is 3. The van der Waals surface area contributed by atoms with Crippen LogP contribution in [0.5, 0.6) is 0 Å². The highest BCUT2D eigenvalue weighted by Crippen LogP contribution is 2.48. The fourth-order valence-electron chi connectivity index (χ4n) is 1.63. The molecule has 0 aliphatic carbocycles. The van der Waals surface area contributed by atoms with Gasteiger partial charge in [-0.1, -0.05) is 23.2 Å². The molecule has 1 aliphatic rings. The van der Waals surface area contributed by atoms with Crippen LogP contribution >= 0.6 is 35.0 Å². The van der Waals surface area contributed by atoms with Crippen molar-refractivity contribution in [3.8, 4) is 0 Å². The van der Waals surface area contributed by atoms with Gasteiger partial charge in [0.1, 0.15) is 5.76 Å². The van der Waals surface area contributed by atoms with Gasteiger partial charge in [0, 0.05) is 9.92 Å². The molecular formula is C11H5Cl2F3O3S. The van der Waals surface area contributed by atoms with Gasteiger partial charge in [0.25, 0.3) is 0 Å². The van der Waals surface area contributed by atoms with Gasteiger partial charge in [-0.05, 0) is 23.8 Å². The van der Waals surface area contributed by atoms with Crippen LogP contribution in [-0.4, -0.2) is 22.7 Å². The molecule has 1 aromatic rings. The summed E-state index contributed by atoms with van der Waals surface area (Å²) in [5, 5.41) is 6.67. The van der Waals surface area contributed by atoms with Gasteiger partial charge in [0.15, 0.2) is 5.25 Å². The Morgan fingerprint density at radius 1 is 1.35 bits per heavy atom. The maximum Gasteiger partial charge on any atom is 0.511 e. The molecule has 108 valence electrons. The van der Waals surface area contributed by atoms with Crippen LogP contribution < -0.4 is 0 Å². The zero-order chi connectivity index (χ0) is 15.1. The van der Waals surface area contributed by atoms with Gasteiger partial charge < -0.3 is 9.84 Å². The molecule has 0 aromatic heterocycles. The molecule has 0 fully saturated rings. The van der Waals surface area contributed by atoms with E-state index in [-0.39, 0.29) is 20.5 Å². The Balaban J connectivity index is 2.53. The summed E-state index contributed by atoms with van der Waals surface area (Å²) >= 11 is 12.0. The Morgan fingerprint density at radius 3 is 2.55 bits per heavy atom. The van der Waals surface area contributed by atoms with Crippen molar-refractivity contribution < 1.29 is 27.8 Å². The molecule has 0 radical (unpaired) electrons. The van der Waals surface area contributed by atoms with E-state index < -0.39 is 23.3 Å². The van der Waals surface area contributed by atoms with Crippen LogP contribution in [0.2, 0.25) is 10.0 Å². The number of benzene rings is 1. The molecule has 0 amide bonds. The molecule has 0 saturated heterocycles. The molecule has 20 heavy (non-hydrogen) atoms. The maximum absolute atomic E-state index is 12.9. The number of ether oxygens (including phenoxy) is 1. The molecular weight excluding hydrogens is 340 g/mol. The highest BCUT2D eigenvalue weighted by atomic mass is 35.5. The van der Waals surface area contributed by atoms with Crippen molar-refractivity contribution in [2.24, 2.45) is 0 Å². The third-order valence-corrected chi connectivity index (χ3v) is 4.39. The number of halogens is 5. The van der Waals surface area contributed by atoms with Crippen molar-refractivity contribution in [2.45, 2.75) is 16.3 Å². The fraction of sp³-hybridized carbons (Fsp3) is 0.182. The first-order valence-corrected chi connectivity index (χ1v) is 6.67. The zero-order valence-electron chi connectivity index (χ0n) is 9.37. The minimum Gasteiger partial charge on any atom is -0.449 e. The van der Waals surface area contributed by atoms with Crippen molar-refractivity contribution in [1.29, 1.82) is 0 Å². The highest BCUT2D eigenvalue weighted by Gasteiger charge is 2.47. The first-order chi connectivity index (χ1) is 9.18. The lowest BCUT2D eigenvalue weighted by Gasteiger charge is -2.26. The van der Waals surface area contributed by atoms with Crippen molar-refractivity contribution in [2.75, 3.05) is 0 Å². The molecule has 1 heterocycles. The van der Waals surface area contributed by atoms with E-state index in [1.54, 1.807) is 0 Å². The number of hydrogen-bond donors (Lipinski definition) is 1. The number of rotatable bonds is 1. The first-order valence-electron chi connectivity index (χ1n) is 5.03. The molecule has 1 atom stereocenters. The van der Waals surface area contributed by atoms with Gasteiger partial charge in [0.2, 0.25) is 0 Å². The summed E-state index contributed by atoms with van der Waals surface area (Å²) in [4.78, 5) is 10.7. The van der Waals surface area contributed by atoms with Gasteiger partial charge in [-0.2, -0.15) is 13.2 Å². The SMILES string of the molecule is O=C(O)OC1=Cc2cc(Cl)cc(Cl)c2SC1C(F)(F)F. The lowest BCUT2D eigenvalue weighted by Crippen LogP contribution is -2.31. The fourth-order valence-corrected chi connectivity index (χ4v) is 3.30. The van der Waals surface area contributed by atoms with Gasteiger partial charge in [-0.25, -0.2) is 4.79 Å². The predicted molar refractivity (Wildman–Crippen MR) is 69.2 cm³/mol. The molecule has 1 aliphatic heterocycles. The third-order valence-electron chi connectivity index (χ3n) is 2.33. The van der Waals surface area contributed by atoms with E-state index >= 15 is 0 Å². The normalized spacial score (nSPS) is 18.2. The largest absolute Gasteiger partial charge is 0.511 e. The van der Waals surface area contributed by atoms with Gasteiger partial charge in [-0.15, -0.1) is 11.8 Å². The second-order valence-electron chi connectivity index (χ2n) is 3.76. The smallest absolute Gasteiger partial charge is 0.449 e. The lowest BCUT2D eigenvalue weighted by molar-refractivity contribution is -0.127. The molecule has 0 saturated carbocycles. The maximum atomic E-state index is 12.9. The molecule has 1 unspecified atom stereocenters. The van der Waals surface area contributed by atoms with Crippen LogP contribution in [0.15, 0.2) is 22.8 Å². The minimum absolute atomic E-state index is 0.0670. The molecule has 0 bridgehead atoms. The van der Waals surface area contributed by atoms with E-state index in [0.717, 1.165) is 6.08 Å². The topological polar surface area (TPSA) is 46.5 Å². The average molecular weight is 345 g/mol. The number of carboxylic acid groups (broad SMARTS) is 1. The molecule has 2 rings (SSSR count). The van der Waals surface area contributed by atoms with E-state index in [2.05, 4.69) is 4.74 Å². The van der Waals surface area contributed by atoms with Gasteiger partial charge >= 0.3 is 12.3 Å². The second kappa shape index (κ2) is 5.38. The van der Waals surface area contributed by atoms with Crippen LogP contribution in [0.1, 0.15) is 5.56 Å². The zero-order valence-corrected chi connectivity index (χ0v) is 11.7. The molecule has 3 nitrogen and oxygen atoms in total. The molecule has 0 spiro atoms. The van der Waals surface area contributed by atoms with Crippen molar-refractivity contribution in [3.63, 3.8) is 0 Å². The van der Waals surface area contributed by atoms with Crippen molar-refractivity contribution >= 4 is 47.2 Å². The van der Waals surface area contributed by atoms with Crippen LogP contribution in [0.4, 0.5) is 18.0 Å². The number of carbonyl (C=O) groups is 1. The average Bonchev–Trinajstić information content (AvgIpc) is 2.25.